The van der Waals surface area contributed by atoms with Crippen molar-refractivity contribution in [2.75, 3.05) is 11.5 Å². The van der Waals surface area contributed by atoms with Crippen LogP contribution in [-0.4, -0.2) is 31.4 Å². The van der Waals surface area contributed by atoms with Gasteiger partial charge in [0.05, 0.1) is 17.0 Å². The first kappa shape index (κ1) is 14.1. The van der Waals surface area contributed by atoms with Crippen LogP contribution in [0.3, 0.4) is 0 Å². The molecular formula is C16H17NO3S. The summed E-state index contributed by atoms with van der Waals surface area (Å²) in [6.45, 7) is 1.79. The monoisotopic (exact) mass is 303 g/mol. The van der Waals surface area contributed by atoms with E-state index in [2.05, 4.69) is 5.32 Å². The van der Waals surface area contributed by atoms with Crippen molar-refractivity contribution in [3.8, 4) is 0 Å². The van der Waals surface area contributed by atoms with E-state index in [4.69, 9.17) is 0 Å². The molecule has 0 aromatic heterocycles. The maximum absolute atomic E-state index is 12.4. The molecule has 1 atom stereocenters. The fourth-order valence-corrected chi connectivity index (χ4v) is 4.88. The molecule has 3 rings (SSSR count). The number of rotatable bonds is 2. The normalized spacial score (nSPS) is 24.0. The largest absolute Gasteiger partial charge is 0.346 e. The molecule has 1 N–H and O–H groups in total. The molecule has 2 aromatic carbocycles. The first-order valence-corrected chi connectivity index (χ1v) is 8.71. The highest BCUT2D eigenvalue weighted by Gasteiger charge is 2.39. The highest BCUT2D eigenvalue weighted by atomic mass is 32.2. The van der Waals surface area contributed by atoms with E-state index >= 15 is 0 Å². The van der Waals surface area contributed by atoms with E-state index in [1.165, 1.54) is 0 Å². The summed E-state index contributed by atoms with van der Waals surface area (Å²) in [7, 11) is -3.03. The van der Waals surface area contributed by atoms with Crippen molar-refractivity contribution in [1.82, 2.24) is 5.32 Å². The van der Waals surface area contributed by atoms with Crippen molar-refractivity contribution in [3.63, 3.8) is 0 Å². The van der Waals surface area contributed by atoms with Crippen molar-refractivity contribution < 1.29 is 13.2 Å². The van der Waals surface area contributed by atoms with Gasteiger partial charge in [0.1, 0.15) is 0 Å². The van der Waals surface area contributed by atoms with Gasteiger partial charge in [-0.25, -0.2) is 8.42 Å². The van der Waals surface area contributed by atoms with Gasteiger partial charge in [0.2, 0.25) is 0 Å². The Bertz CT molecular complexity index is 813. The van der Waals surface area contributed by atoms with Gasteiger partial charge in [-0.1, -0.05) is 30.3 Å². The summed E-state index contributed by atoms with van der Waals surface area (Å²) in [6, 6.07) is 13.3. The molecule has 5 heteroatoms. The molecule has 1 amide bonds. The van der Waals surface area contributed by atoms with Gasteiger partial charge in [0.25, 0.3) is 5.91 Å². The zero-order chi connectivity index (χ0) is 15.1. The van der Waals surface area contributed by atoms with Crippen LogP contribution in [-0.2, 0) is 9.84 Å². The third kappa shape index (κ3) is 2.93. The van der Waals surface area contributed by atoms with E-state index in [1.54, 1.807) is 13.0 Å². The SMILES string of the molecule is CC1(NC(=O)c2ccc3ccccc3c2)CCS(=O)(=O)C1. The van der Waals surface area contributed by atoms with Crippen LogP contribution in [0.1, 0.15) is 23.7 Å². The molecule has 21 heavy (non-hydrogen) atoms. The molecule has 1 unspecified atom stereocenters. The molecule has 1 heterocycles. The summed E-state index contributed by atoms with van der Waals surface area (Å²) in [6.07, 6.45) is 0.467. The Labute approximate surface area is 124 Å². The molecule has 0 saturated carbocycles. The number of benzene rings is 2. The molecule has 110 valence electrons. The van der Waals surface area contributed by atoms with Gasteiger partial charge in [-0.2, -0.15) is 0 Å². The van der Waals surface area contributed by atoms with Crippen molar-refractivity contribution in [2.45, 2.75) is 18.9 Å². The lowest BCUT2D eigenvalue weighted by Gasteiger charge is -2.24. The average molecular weight is 303 g/mol. The van der Waals surface area contributed by atoms with Crippen LogP contribution in [0.25, 0.3) is 10.8 Å². The summed E-state index contributed by atoms with van der Waals surface area (Å²) < 4.78 is 23.2. The van der Waals surface area contributed by atoms with Crippen LogP contribution >= 0.6 is 0 Å². The number of carbonyl (C=O) groups excluding carboxylic acids is 1. The van der Waals surface area contributed by atoms with Gasteiger partial charge in [0.15, 0.2) is 9.84 Å². The van der Waals surface area contributed by atoms with Crippen molar-refractivity contribution in [3.05, 3.63) is 48.0 Å². The predicted octanol–water partition coefficient (Wildman–Crippen LogP) is 2.15. The molecular weight excluding hydrogens is 286 g/mol. The average Bonchev–Trinajstić information content (AvgIpc) is 2.71. The van der Waals surface area contributed by atoms with Crippen LogP contribution in [0.4, 0.5) is 0 Å². The Morgan fingerprint density at radius 3 is 2.52 bits per heavy atom. The lowest BCUT2D eigenvalue weighted by molar-refractivity contribution is 0.0915. The standard InChI is InChI=1S/C16H17NO3S/c1-16(8-9-21(19,20)11-16)17-15(18)14-7-6-12-4-2-3-5-13(12)10-14/h2-7,10H,8-9,11H2,1H3,(H,17,18). The van der Waals surface area contributed by atoms with Crippen molar-refractivity contribution >= 4 is 26.5 Å². The third-order valence-corrected chi connectivity index (χ3v) is 5.83. The van der Waals surface area contributed by atoms with E-state index < -0.39 is 15.4 Å². The first-order chi connectivity index (χ1) is 9.87. The highest BCUT2D eigenvalue weighted by Crippen LogP contribution is 2.24. The summed E-state index contributed by atoms with van der Waals surface area (Å²) >= 11 is 0. The highest BCUT2D eigenvalue weighted by molar-refractivity contribution is 7.91. The number of hydrogen-bond donors (Lipinski definition) is 1. The Balaban J connectivity index is 1.84. The van der Waals surface area contributed by atoms with E-state index in [0.29, 0.717) is 12.0 Å². The molecule has 1 saturated heterocycles. The Hall–Kier alpha value is -1.88. The van der Waals surface area contributed by atoms with E-state index in [-0.39, 0.29) is 17.4 Å². The lowest BCUT2D eigenvalue weighted by Crippen LogP contribution is -2.46. The number of sulfone groups is 1. The second-order valence-corrected chi connectivity index (χ2v) is 8.10. The fourth-order valence-electron chi connectivity index (χ4n) is 2.79. The fraction of sp³-hybridized carbons (Fsp3) is 0.312. The molecule has 4 nitrogen and oxygen atoms in total. The quantitative estimate of drug-likeness (QED) is 0.924. The number of fused-ring (bicyclic) bond motifs is 1. The molecule has 0 aliphatic carbocycles. The molecule has 1 aliphatic heterocycles. The van der Waals surface area contributed by atoms with Gasteiger partial charge in [0, 0.05) is 5.56 Å². The molecule has 2 aromatic rings. The smallest absolute Gasteiger partial charge is 0.251 e. The summed E-state index contributed by atoms with van der Waals surface area (Å²) in [5.74, 6) is -0.0683. The first-order valence-electron chi connectivity index (χ1n) is 6.89. The number of hydrogen-bond acceptors (Lipinski definition) is 3. The zero-order valence-corrected chi connectivity index (χ0v) is 12.6. The van der Waals surface area contributed by atoms with Crippen LogP contribution in [0.15, 0.2) is 42.5 Å². The molecule has 0 radical (unpaired) electrons. The maximum Gasteiger partial charge on any atom is 0.251 e. The third-order valence-electron chi connectivity index (χ3n) is 3.93. The second kappa shape index (κ2) is 4.84. The Morgan fingerprint density at radius 2 is 1.86 bits per heavy atom. The van der Waals surface area contributed by atoms with E-state index in [0.717, 1.165) is 10.8 Å². The molecule has 0 bridgehead atoms. The van der Waals surface area contributed by atoms with Crippen LogP contribution in [0.2, 0.25) is 0 Å². The second-order valence-electron chi connectivity index (χ2n) is 5.92. The number of carbonyl (C=O) groups is 1. The van der Waals surface area contributed by atoms with Crippen LogP contribution in [0, 0.1) is 0 Å². The van der Waals surface area contributed by atoms with Gasteiger partial charge in [-0.3, -0.25) is 4.79 Å². The van der Waals surface area contributed by atoms with Gasteiger partial charge in [-0.05, 0) is 36.2 Å². The number of amides is 1. The molecule has 1 aliphatic rings. The minimum absolute atomic E-state index is 0.0132. The molecule has 1 fully saturated rings. The molecule has 0 spiro atoms. The van der Waals surface area contributed by atoms with E-state index in [9.17, 15) is 13.2 Å². The Kier molecular flexibility index (Phi) is 3.24. The van der Waals surface area contributed by atoms with Gasteiger partial charge in [-0.15, -0.1) is 0 Å². The zero-order valence-electron chi connectivity index (χ0n) is 11.8. The Morgan fingerprint density at radius 1 is 1.14 bits per heavy atom. The van der Waals surface area contributed by atoms with Gasteiger partial charge < -0.3 is 5.32 Å². The maximum atomic E-state index is 12.4. The minimum Gasteiger partial charge on any atom is -0.346 e. The predicted molar refractivity (Wildman–Crippen MR) is 83.1 cm³/mol. The van der Waals surface area contributed by atoms with Crippen LogP contribution in [0.5, 0.6) is 0 Å². The minimum atomic E-state index is -3.03. The summed E-state index contributed by atoms with van der Waals surface area (Å²) in [5, 5.41) is 4.94. The topological polar surface area (TPSA) is 63.2 Å². The van der Waals surface area contributed by atoms with E-state index in [1.807, 2.05) is 36.4 Å². The van der Waals surface area contributed by atoms with Crippen LogP contribution < -0.4 is 5.32 Å². The number of nitrogens with one attached hydrogen (secondary N) is 1. The summed E-state index contributed by atoms with van der Waals surface area (Å²) in [5.41, 5.74) is -0.110. The van der Waals surface area contributed by atoms with Crippen molar-refractivity contribution in [2.24, 2.45) is 0 Å². The van der Waals surface area contributed by atoms with Crippen molar-refractivity contribution in [1.29, 1.82) is 0 Å². The summed E-state index contributed by atoms with van der Waals surface area (Å²) in [4.78, 5) is 12.4. The van der Waals surface area contributed by atoms with Gasteiger partial charge >= 0.3 is 0 Å². The lowest BCUT2D eigenvalue weighted by atomic mass is 10.0.